The van der Waals surface area contributed by atoms with Crippen LogP contribution in [0.15, 0.2) is 30.6 Å². The number of aromatic nitrogens is 4. The van der Waals surface area contributed by atoms with Gasteiger partial charge in [0.2, 0.25) is 5.95 Å². The minimum atomic E-state index is -4.37. The van der Waals surface area contributed by atoms with Gasteiger partial charge in [0, 0.05) is 19.6 Å². The van der Waals surface area contributed by atoms with Crippen molar-refractivity contribution in [2.24, 2.45) is 0 Å². The van der Waals surface area contributed by atoms with E-state index in [-0.39, 0.29) is 6.54 Å². The van der Waals surface area contributed by atoms with Crippen LogP contribution in [0.1, 0.15) is 11.1 Å². The molecule has 142 valence electrons. The van der Waals surface area contributed by atoms with Crippen molar-refractivity contribution in [2.45, 2.75) is 12.7 Å². The monoisotopic (exact) mass is 378 g/mol. The van der Waals surface area contributed by atoms with Crippen molar-refractivity contribution in [3.05, 3.63) is 41.7 Å². The van der Waals surface area contributed by atoms with E-state index in [1.807, 2.05) is 0 Å². The zero-order valence-corrected chi connectivity index (χ0v) is 14.3. The largest absolute Gasteiger partial charge is 0.416 e. The maximum absolute atomic E-state index is 12.9. The van der Waals surface area contributed by atoms with Crippen molar-refractivity contribution in [2.75, 3.05) is 36.5 Å². The molecule has 1 aliphatic rings. The normalized spacial score (nSPS) is 15.3. The standard InChI is InChI=1S/C17H17F3N6O/c18-17(19,20)12-3-1-2-11(8-12)9-21-14-13-15(23-10-22-14)25-16(24-13)26-4-6-27-7-5-26/h1-3,8,10H,4-7,9H2,(H2,21,22,23,24,25). The molecule has 1 saturated heterocycles. The molecule has 27 heavy (non-hydrogen) atoms. The van der Waals surface area contributed by atoms with Crippen LogP contribution in [0.4, 0.5) is 24.9 Å². The Morgan fingerprint density at radius 3 is 2.78 bits per heavy atom. The van der Waals surface area contributed by atoms with E-state index in [0.29, 0.717) is 41.7 Å². The van der Waals surface area contributed by atoms with Gasteiger partial charge in [-0.3, -0.25) is 0 Å². The average molecular weight is 378 g/mol. The number of imidazole rings is 1. The van der Waals surface area contributed by atoms with E-state index in [4.69, 9.17) is 4.74 Å². The second kappa shape index (κ2) is 7.03. The Balaban J connectivity index is 1.54. The first-order valence-corrected chi connectivity index (χ1v) is 8.44. The summed E-state index contributed by atoms with van der Waals surface area (Å²) >= 11 is 0. The SMILES string of the molecule is FC(F)(F)c1cccc(CNc2ncnc3nc(N4CCOCC4)[nH]c23)c1. The van der Waals surface area contributed by atoms with Crippen LogP contribution in [0.3, 0.4) is 0 Å². The van der Waals surface area contributed by atoms with E-state index >= 15 is 0 Å². The number of anilines is 2. The molecule has 3 heterocycles. The van der Waals surface area contributed by atoms with Gasteiger partial charge in [0.15, 0.2) is 11.5 Å². The molecule has 0 atom stereocenters. The van der Waals surface area contributed by atoms with Crippen LogP contribution < -0.4 is 10.2 Å². The lowest BCUT2D eigenvalue weighted by atomic mass is 10.1. The quantitative estimate of drug-likeness (QED) is 0.727. The van der Waals surface area contributed by atoms with Crippen molar-refractivity contribution >= 4 is 22.9 Å². The summed E-state index contributed by atoms with van der Waals surface area (Å²) in [7, 11) is 0. The van der Waals surface area contributed by atoms with Gasteiger partial charge in [0.25, 0.3) is 0 Å². The molecular weight excluding hydrogens is 361 g/mol. The van der Waals surface area contributed by atoms with Crippen molar-refractivity contribution in [1.82, 2.24) is 19.9 Å². The first-order valence-electron chi connectivity index (χ1n) is 8.44. The molecule has 0 radical (unpaired) electrons. The first-order chi connectivity index (χ1) is 13.0. The van der Waals surface area contributed by atoms with Gasteiger partial charge in [0.05, 0.1) is 18.8 Å². The molecule has 2 aromatic heterocycles. The molecular formula is C17H17F3N6O. The molecule has 3 aromatic rings. The molecule has 0 bridgehead atoms. The van der Waals surface area contributed by atoms with Gasteiger partial charge in [-0.25, -0.2) is 9.97 Å². The van der Waals surface area contributed by atoms with Crippen molar-refractivity contribution in [1.29, 1.82) is 0 Å². The number of ether oxygens (including phenoxy) is 1. The van der Waals surface area contributed by atoms with Gasteiger partial charge in [-0.15, -0.1) is 0 Å². The van der Waals surface area contributed by atoms with Crippen LogP contribution in [-0.4, -0.2) is 46.2 Å². The van der Waals surface area contributed by atoms with E-state index in [1.54, 1.807) is 6.07 Å². The zero-order chi connectivity index (χ0) is 18.9. The lowest BCUT2D eigenvalue weighted by molar-refractivity contribution is -0.137. The maximum Gasteiger partial charge on any atom is 0.416 e. The van der Waals surface area contributed by atoms with Crippen LogP contribution in [0.5, 0.6) is 0 Å². The molecule has 10 heteroatoms. The highest BCUT2D eigenvalue weighted by molar-refractivity contribution is 5.84. The van der Waals surface area contributed by atoms with Gasteiger partial charge >= 0.3 is 6.18 Å². The molecule has 7 nitrogen and oxygen atoms in total. The molecule has 1 aliphatic heterocycles. The van der Waals surface area contributed by atoms with Gasteiger partial charge in [-0.1, -0.05) is 12.1 Å². The number of benzene rings is 1. The van der Waals surface area contributed by atoms with Crippen LogP contribution in [0.2, 0.25) is 0 Å². The first kappa shape index (κ1) is 17.5. The summed E-state index contributed by atoms with van der Waals surface area (Å²) in [6.45, 7) is 2.90. The third-order valence-electron chi connectivity index (χ3n) is 4.30. The number of halogens is 3. The summed E-state index contributed by atoms with van der Waals surface area (Å²) in [5.41, 5.74) is 0.944. The Kier molecular flexibility index (Phi) is 4.56. The van der Waals surface area contributed by atoms with E-state index in [9.17, 15) is 13.2 Å². The van der Waals surface area contributed by atoms with E-state index in [2.05, 4.69) is 30.2 Å². The predicted molar refractivity (Wildman–Crippen MR) is 93.5 cm³/mol. The molecule has 1 aromatic carbocycles. The predicted octanol–water partition coefficient (Wildman–Crippen LogP) is 2.82. The second-order valence-corrected chi connectivity index (χ2v) is 6.13. The van der Waals surface area contributed by atoms with Crippen molar-refractivity contribution in [3.8, 4) is 0 Å². The Morgan fingerprint density at radius 2 is 2.00 bits per heavy atom. The Labute approximate surface area is 152 Å². The van der Waals surface area contributed by atoms with Gasteiger partial charge in [0.1, 0.15) is 11.8 Å². The van der Waals surface area contributed by atoms with Crippen LogP contribution in [0.25, 0.3) is 11.2 Å². The number of hydrogen-bond acceptors (Lipinski definition) is 6. The molecule has 1 fully saturated rings. The van der Waals surface area contributed by atoms with E-state index < -0.39 is 11.7 Å². The minimum absolute atomic E-state index is 0.196. The molecule has 0 spiro atoms. The molecule has 0 saturated carbocycles. The highest BCUT2D eigenvalue weighted by atomic mass is 19.4. The third-order valence-corrected chi connectivity index (χ3v) is 4.30. The summed E-state index contributed by atoms with van der Waals surface area (Å²) in [5, 5.41) is 3.07. The van der Waals surface area contributed by atoms with E-state index in [1.165, 1.54) is 12.4 Å². The number of nitrogens with zero attached hydrogens (tertiary/aromatic N) is 4. The number of hydrogen-bond donors (Lipinski definition) is 2. The Bertz CT molecular complexity index is 936. The Morgan fingerprint density at radius 1 is 1.19 bits per heavy atom. The van der Waals surface area contributed by atoms with Gasteiger partial charge in [-0.2, -0.15) is 18.2 Å². The number of rotatable bonds is 4. The Hall–Kier alpha value is -2.88. The fourth-order valence-electron chi connectivity index (χ4n) is 2.92. The highest BCUT2D eigenvalue weighted by Gasteiger charge is 2.30. The number of H-pyrrole nitrogens is 1. The van der Waals surface area contributed by atoms with Crippen LogP contribution in [0, 0.1) is 0 Å². The lowest BCUT2D eigenvalue weighted by Gasteiger charge is -2.25. The molecule has 4 rings (SSSR count). The topological polar surface area (TPSA) is 79.0 Å². The van der Waals surface area contributed by atoms with Crippen LogP contribution in [-0.2, 0) is 17.5 Å². The third kappa shape index (κ3) is 3.80. The summed E-state index contributed by atoms with van der Waals surface area (Å²) in [6, 6.07) is 5.20. The van der Waals surface area contributed by atoms with E-state index in [0.717, 1.165) is 25.2 Å². The van der Waals surface area contributed by atoms with Gasteiger partial charge < -0.3 is 19.9 Å². The zero-order valence-electron chi connectivity index (χ0n) is 14.3. The molecule has 2 N–H and O–H groups in total. The smallest absolute Gasteiger partial charge is 0.378 e. The maximum atomic E-state index is 12.9. The van der Waals surface area contributed by atoms with Crippen molar-refractivity contribution in [3.63, 3.8) is 0 Å². The van der Waals surface area contributed by atoms with Gasteiger partial charge in [-0.05, 0) is 17.7 Å². The van der Waals surface area contributed by atoms with Crippen molar-refractivity contribution < 1.29 is 17.9 Å². The molecule has 0 unspecified atom stereocenters. The second-order valence-electron chi connectivity index (χ2n) is 6.13. The summed E-state index contributed by atoms with van der Waals surface area (Å²) in [5.74, 6) is 1.17. The fraction of sp³-hybridized carbons (Fsp3) is 0.353. The summed E-state index contributed by atoms with van der Waals surface area (Å²) < 4.78 is 43.9. The summed E-state index contributed by atoms with van der Waals surface area (Å²) in [4.78, 5) is 18.1. The lowest BCUT2D eigenvalue weighted by Crippen LogP contribution is -2.36. The molecule has 0 aliphatic carbocycles. The number of nitrogens with one attached hydrogen (secondary N) is 2. The fourth-order valence-corrected chi connectivity index (χ4v) is 2.92. The molecule has 0 amide bonds. The average Bonchev–Trinajstić information content (AvgIpc) is 3.11. The van der Waals surface area contributed by atoms with Crippen LogP contribution >= 0.6 is 0 Å². The summed E-state index contributed by atoms with van der Waals surface area (Å²) in [6.07, 6.45) is -2.99. The minimum Gasteiger partial charge on any atom is -0.378 e. The highest BCUT2D eigenvalue weighted by Crippen LogP contribution is 2.30. The number of fused-ring (bicyclic) bond motifs is 1. The number of morpholine rings is 1. The number of aromatic amines is 1. The number of alkyl halides is 3.